The number of anilines is 2. The summed E-state index contributed by atoms with van der Waals surface area (Å²) < 4.78 is 0. The SMILES string of the molecule is CC(=O)Nc1ccc(NC(=O)NCC23CC4CC(CC(C4)C2)C3)cc1. The lowest BCUT2D eigenvalue weighted by molar-refractivity contribution is -0.114. The Morgan fingerprint density at radius 3 is 1.88 bits per heavy atom. The van der Waals surface area contributed by atoms with Gasteiger partial charge in [-0.1, -0.05) is 0 Å². The second-order valence-corrected chi connectivity index (χ2v) is 8.48. The normalized spacial score (nSPS) is 32.3. The van der Waals surface area contributed by atoms with Gasteiger partial charge in [0.05, 0.1) is 0 Å². The van der Waals surface area contributed by atoms with Crippen LogP contribution >= 0.6 is 0 Å². The van der Waals surface area contributed by atoms with Crippen LogP contribution in [0.3, 0.4) is 0 Å². The molecule has 0 unspecified atom stereocenters. The maximum absolute atomic E-state index is 12.3. The van der Waals surface area contributed by atoms with Crippen LogP contribution in [0.1, 0.15) is 45.4 Å². The lowest BCUT2D eigenvalue weighted by Crippen LogP contribution is -2.51. The third kappa shape index (κ3) is 3.65. The summed E-state index contributed by atoms with van der Waals surface area (Å²) in [6.07, 6.45) is 8.16. The predicted octanol–water partition coefficient (Wildman–Crippen LogP) is 3.98. The van der Waals surface area contributed by atoms with E-state index in [4.69, 9.17) is 0 Å². The number of amides is 3. The zero-order chi connectivity index (χ0) is 17.4. The smallest absolute Gasteiger partial charge is 0.319 e. The van der Waals surface area contributed by atoms with Crippen LogP contribution in [0.15, 0.2) is 24.3 Å². The molecule has 5 rings (SSSR count). The van der Waals surface area contributed by atoms with Gasteiger partial charge in [-0.25, -0.2) is 4.79 Å². The quantitative estimate of drug-likeness (QED) is 0.775. The number of nitrogens with one attached hydrogen (secondary N) is 3. The molecular formula is C20H27N3O2. The number of rotatable bonds is 4. The molecule has 5 heteroatoms. The van der Waals surface area contributed by atoms with E-state index in [0.717, 1.165) is 35.7 Å². The number of benzene rings is 1. The molecule has 0 aliphatic heterocycles. The molecule has 4 aliphatic carbocycles. The predicted molar refractivity (Wildman–Crippen MR) is 98.4 cm³/mol. The highest BCUT2D eigenvalue weighted by molar-refractivity contribution is 5.91. The van der Waals surface area contributed by atoms with Crippen molar-refractivity contribution in [3.63, 3.8) is 0 Å². The van der Waals surface area contributed by atoms with Gasteiger partial charge in [0.2, 0.25) is 5.91 Å². The molecule has 4 bridgehead atoms. The van der Waals surface area contributed by atoms with E-state index in [2.05, 4.69) is 16.0 Å². The molecule has 25 heavy (non-hydrogen) atoms. The Bertz CT molecular complexity index is 633. The molecule has 1 aromatic carbocycles. The largest absolute Gasteiger partial charge is 0.337 e. The number of carbonyl (C=O) groups is 2. The molecular weight excluding hydrogens is 314 g/mol. The summed E-state index contributed by atoms with van der Waals surface area (Å²) in [5.41, 5.74) is 1.81. The molecule has 1 aromatic rings. The van der Waals surface area contributed by atoms with Crippen molar-refractivity contribution >= 4 is 23.3 Å². The van der Waals surface area contributed by atoms with Gasteiger partial charge in [0.25, 0.3) is 0 Å². The number of urea groups is 1. The van der Waals surface area contributed by atoms with Gasteiger partial charge in [-0.2, -0.15) is 0 Å². The molecule has 0 heterocycles. The van der Waals surface area contributed by atoms with E-state index in [1.54, 1.807) is 24.3 Å². The molecule has 4 fully saturated rings. The highest BCUT2D eigenvalue weighted by atomic mass is 16.2. The van der Waals surface area contributed by atoms with E-state index in [0.29, 0.717) is 5.41 Å². The zero-order valence-corrected chi connectivity index (χ0v) is 14.8. The van der Waals surface area contributed by atoms with Crippen LogP contribution in [0.25, 0.3) is 0 Å². The Balaban J connectivity index is 1.30. The second-order valence-electron chi connectivity index (χ2n) is 8.48. The van der Waals surface area contributed by atoms with E-state index < -0.39 is 0 Å². The average molecular weight is 341 g/mol. The van der Waals surface area contributed by atoms with Gasteiger partial charge < -0.3 is 16.0 Å². The molecule has 4 saturated carbocycles. The molecule has 3 amide bonds. The summed E-state index contributed by atoms with van der Waals surface area (Å²) in [6, 6.07) is 7.04. The van der Waals surface area contributed by atoms with Gasteiger partial charge in [0, 0.05) is 24.8 Å². The summed E-state index contributed by atoms with van der Waals surface area (Å²) in [5.74, 6) is 2.60. The minimum atomic E-state index is -0.136. The summed E-state index contributed by atoms with van der Waals surface area (Å²) in [4.78, 5) is 23.3. The van der Waals surface area contributed by atoms with Crippen molar-refractivity contribution in [3.8, 4) is 0 Å². The monoisotopic (exact) mass is 341 g/mol. The fourth-order valence-electron chi connectivity index (χ4n) is 5.79. The molecule has 0 spiro atoms. The Morgan fingerprint density at radius 1 is 0.920 bits per heavy atom. The summed E-state index contributed by atoms with van der Waals surface area (Å²) in [6.45, 7) is 2.27. The van der Waals surface area contributed by atoms with Crippen molar-refractivity contribution < 1.29 is 9.59 Å². The topological polar surface area (TPSA) is 70.2 Å². The van der Waals surface area contributed by atoms with Gasteiger partial charge >= 0.3 is 6.03 Å². The average Bonchev–Trinajstić information content (AvgIpc) is 2.53. The van der Waals surface area contributed by atoms with Gasteiger partial charge in [-0.3, -0.25) is 4.79 Å². The van der Waals surface area contributed by atoms with Gasteiger partial charge in [-0.05, 0) is 86.0 Å². The first-order valence-electron chi connectivity index (χ1n) is 9.42. The van der Waals surface area contributed by atoms with Crippen molar-refractivity contribution in [1.82, 2.24) is 5.32 Å². The first-order chi connectivity index (χ1) is 12.0. The van der Waals surface area contributed by atoms with Crippen molar-refractivity contribution in [1.29, 1.82) is 0 Å². The van der Waals surface area contributed by atoms with Crippen LogP contribution in [0, 0.1) is 23.2 Å². The lowest BCUT2D eigenvalue weighted by atomic mass is 9.49. The molecule has 3 N–H and O–H groups in total. The van der Waals surface area contributed by atoms with Crippen LogP contribution in [0.5, 0.6) is 0 Å². The summed E-state index contributed by atoms with van der Waals surface area (Å²) in [7, 11) is 0. The van der Waals surface area contributed by atoms with Gasteiger partial charge in [0.1, 0.15) is 0 Å². The maximum atomic E-state index is 12.3. The molecule has 0 atom stereocenters. The van der Waals surface area contributed by atoms with Crippen molar-refractivity contribution in [2.45, 2.75) is 45.4 Å². The fourth-order valence-corrected chi connectivity index (χ4v) is 5.79. The number of hydrogen-bond donors (Lipinski definition) is 3. The first-order valence-corrected chi connectivity index (χ1v) is 9.42. The highest BCUT2D eigenvalue weighted by Gasteiger charge is 2.50. The fraction of sp³-hybridized carbons (Fsp3) is 0.600. The Kier molecular flexibility index (Phi) is 4.18. The van der Waals surface area contributed by atoms with E-state index in [-0.39, 0.29) is 11.9 Å². The van der Waals surface area contributed by atoms with Crippen LogP contribution in [0.2, 0.25) is 0 Å². The molecule has 0 aromatic heterocycles. The summed E-state index contributed by atoms with van der Waals surface area (Å²) in [5, 5.41) is 8.73. The van der Waals surface area contributed by atoms with Crippen LogP contribution in [-0.4, -0.2) is 18.5 Å². The third-order valence-electron chi connectivity index (χ3n) is 6.25. The Morgan fingerprint density at radius 2 is 1.40 bits per heavy atom. The van der Waals surface area contributed by atoms with Gasteiger partial charge in [-0.15, -0.1) is 0 Å². The van der Waals surface area contributed by atoms with E-state index >= 15 is 0 Å². The second kappa shape index (κ2) is 6.36. The van der Waals surface area contributed by atoms with Crippen LogP contribution in [0.4, 0.5) is 16.2 Å². The first kappa shape index (κ1) is 16.4. The third-order valence-corrected chi connectivity index (χ3v) is 6.25. The minimum Gasteiger partial charge on any atom is -0.337 e. The van der Waals surface area contributed by atoms with Crippen LogP contribution < -0.4 is 16.0 Å². The Labute approximate surface area is 148 Å². The van der Waals surface area contributed by atoms with Crippen molar-refractivity contribution in [3.05, 3.63) is 24.3 Å². The van der Waals surface area contributed by atoms with E-state index in [1.165, 1.54) is 45.4 Å². The van der Waals surface area contributed by atoms with E-state index in [9.17, 15) is 9.59 Å². The van der Waals surface area contributed by atoms with Crippen molar-refractivity contribution in [2.24, 2.45) is 23.2 Å². The molecule has 0 radical (unpaired) electrons. The van der Waals surface area contributed by atoms with Gasteiger partial charge in [0.15, 0.2) is 0 Å². The number of hydrogen-bond acceptors (Lipinski definition) is 2. The van der Waals surface area contributed by atoms with Crippen LogP contribution in [-0.2, 0) is 4.79 Å². The molecule has 134 valence electrons. The minimum absolute atomic E-state index is 0.103. The maximum Gasteiger partial charge on any atom is 0.319 e. The summed E-state index contributed by atoms with van der Waals surface area (Å²) >= 11 is 0. The van der Waals surface area contributed by atoms with E-state index in [1.807, 2.05) is 0 Å². The Hall–Kier alpha value is -2.04. The standard InChI is InChI=1S/C20H27N3O2/c1-13(24)22-17-2-4-18(5-3-17)23-19(25)21-12-20-9-14-6-15(10-20)8-16(7-14)11-20/h2-5,14-16H,6-12H2,1H3,(H,22,24)(H2,21,23,25). The molecule has 4 aliphatic rings. The zero-order valence-electron chi connectivity index (χ0n) is 14.8. The highest BCUT2D eigenvalue weighted by Crippen LogP contribution is 2.59. The number of carbonyl (C=O) groups excluding carboxylic acids is 2. The lowest BCUT2D eigenvalue weighted by Gasteiger charge is -2.56. The molecule has 0 saturated heterocycles. The molecule has 5 nitrogen and oxygen atoms in total. The van der Waals surface area contributed by atoms with Crippen molar-refractivity contribution in [2.75, 3.05) is 17.2 Å².